The number of nitrogens with two attached hydrogens (primary N) is 1. The van der Waals surface area contributed by atoms with Crippen molar-refractivity contribution in [3.63, 3.8) is 0 Å². The molecule has 20 heavy (non-hydrogen) atoms. The van der Waals surface area contributed by atoms with Gasteiger partial charge in [-0.1, -0.05) is 27.7 Å². The molecule has 1 aromatic rings. The first kappa shape index (κ1) is 16.9. The van der Waals surface area contributed by atoms with E-state index < -0.39 is 10.0 Å². The SMILES string of the molecule is CC1(C)C(N)C(C)(C)C1NS(=O)(=O)c1cc(Br)sc1Br. The molecule has 0 spiro atoms. The van der Waals surface area contributed by atoms with Gasteiger partial charge in [-0.15, -0.1) is 11.3 Å². The molecule has 1 fully saturated rings. The fraction of sp³-hybridized carbons (Fsp3) is 0.667. The maximum atomic E-state index is 12.6. The Hall–Kier alpha value is 0.530. The van der Waals surface area contributed by atoms with Crippen LogP contribution < -0.4 is 10.5 Å². The standard InChI is InChI=1S/C12H18Br2N2O2S2/c1-11(2)9(15)12(3,4)10(11)16-20(17,18)6-5-7(13)19-8(6)14/h5,9-10,16H,15H2,1-4H3. The van der Waals surface area contributed by atoms with Gasteiger partial charge in [0.25, 0.3) is 0 Å². The van der Waals surface area contributed by atoms with Crippen molar-refractivity contribution < 1.29 is 8.42 Å². The fourth-order valence-electron chi connectivity index (χ4n) is 3.21. The smallest absolute Gasteiger partial charge is 0.242 e. The quantitative estimate of drug-likeness (QED) is 0.749. The van der Waals surface area contributed by atoms with Crippen molar-refractivity contribution in [1.29, 1.82) is 0 Å². The van der Waals surface area contributed by atoms with Gasteiger partial charge in [0.05, 0.1) is 7.57 Å². The van der Waals surface area contributed by atoms with Crippen LogP contribution in [0.5, 0.6) is 0 Å². The van der Waals surface area contributed by atoms with Crippen LogP contribution in [0.25, 0.3) is 0 Å². The minimum atomic E-state index is -3.57. The lowest BCUT2D eigenvalue weighted by Crippen LogP contribution is -2.75. The minimum absolute atomic E-state index is 0.0413. The van der Waals surface area contributed by atoms with E-state index in [4.69, 9.17) is 5.73 Å². The van der Waals surface area contributed by atoms with E-state index >= 15 is 0 Å². The van der Waals surface area contributed by atoms with E-state index in [1.807, 2.05) is 27.7 Å². The molecule has 114 valence electrons. The summed E-state index contributed by atoms with van der Waals surface area (Å²) in [7, 11) is -3.57. The first-order chi connectivity index (χ1) is 8.90. The van der Waals surface area contributed by atoms with Gasteiger partial charge in [-0.3, -0.25) is 0 Å². The molecular formula is C12H18Br2N2O2S2. The van der Waals surface area contributed by atoms with Crippen LogP contribution in [-0.2, 0) is 10.0 Å². The third-order valence-corrected chi connectivity index (χ3v) is 8.46. The zero-order chi connectivity index (χ0) is 15.5. The summed E-state index contributed by atoms with van der Waals surface area (Å²) in [5.74, 6) is 0. The first-order valence-corrected chi connectivity index (χ1v) is 10.0. The molecule has 0 saturated heterocycles. The fourth-order valence-corrected chi connectivity index (χ4v) is 8.57. The molecule has 1 heterocycles. The first-order valence-electron chi connectivity index (χ1n) is 6.13. The molecule has 0 aliphatic heterocycles. The summed E-state index contributed by atoms with van der Waals surface area (Å²) in [6, 6.07) is 1.37. The zero-order valence-electron chi connectivity index (χ0n) is 11.7. The van der Waals surface area contributed by atoms with E-state index in [9.17, 15) is 8.42 Å². The zero-order valence-corrected chi connectivity index (χ0v) is 16.5. The van der Waals surface area contributed by atoms with Gasteiger partial charge >= 0.3 is 0 Å². The average Bonchev–Trinajstić information content (AvgIpc) is 2.65. The highest BCUT2D eigenvalue weighted by Gasteiger charge is 2.61. The number of hydrogen-bond acceptors (Lipinski definition) is 4. The lowest BCUT2D eigenvalue weighted by Gasteiger charge is -2.62. The predicted octanol–water partition coefficient (Wildman–Crippen LogP) is 3.31. The number of halogens is 2. The van der Waals surface area contributed by atoms with Crippen LogP contribution in [-0.4, -0.2) is 20.5 Å². The number of thiophene rings is 1. The summed E-state index contributed by atoms with van der Waals surface area (Å²) in [4.78, 5) is 0.265. The molecule has 3 N–H and O–H groups in total. The maximum Gasteiger partial charge on any atom is 0.242 e. The molecule has 2 rings (SSSR count). The second kappa shape index (κ2) is 5.03. The normalized spacial score (nSPS) is 28.1. The van der Waals surface area contributed by atoms with E-state index in [0.717, 1.165) is 3.79 Å². The van der Waals surface area contributed by atoms with Crippen LogP contribution in [0.15, 0.2) is 18.5 Å². The highest BCUT2D eigenvalue weighted by Crippen LogP contribution is 2.53. The van der Waals surface area contributed by atoms with Gasteiger partial charge in [-0.2, -0.15) is 0 Å². The Bertz CT molecular complexity index is 622. The minimum Gasteiger partial charge on any atom is -0.327 e. The lowest BCUT2D eigenvalue weighted by atomic mass is 9.49. The molecule has 0 radical (unpaired) electrons. The second-order valence-electron chi connectivity index (χ2n) is 6.36. The summed E-state index contributed by atoms with van der Waals surface area (Å²) >= 11 is 7.94. The number of hydrogen-bond donors (Lipinski definition) is 2. The molecule has 0 aromatic carbocycles. The van der Waals surface area contributed by atoms with Crippen molar-refractivity contribution >= 4 is 53.2 Å². The van der Waals surface area contributed by atoms with Crippen LogP contribution in [0.2, 0.25) is 0 Å². The summed E-state index contributed by atoms with van der Waals surface area (Å²) in [5, 5.41) is 0. The van der Waals surface area contributed by atoms with Crippen molar-refractivity contribution in [3.05, 3.63) is 13.6 Å². The molecule has 0 atom stereocenters. The van der Waals surface area contributed by atoms with E-state index in [2.05, 4.69) is 36.6 Å². The summed E-state index contributed by atoms with van der Waals surface area (Å²) in [6.07, 6.45) is 0. The lowest BCUT2D eigenvalue weighted by molar-refractivity contribution is -0.0593. The molecule has 1 aromatic heterocycles. The number of sulfonamides is 1. The molecule has 0 bridgehead atoms. The van der Waals surface area contributed by atoms with Gasteiger partial charge in [0.15, 0.2) is 0 Å². The Balaban J connectivity index is 2.33. The van der Waals surface area contributed by atoms with Crippen LogP contribution in [0.3, 0.4) is 0 Å². The Morgan fingerprint density at radius 1 is 1.25 bits per heavy atom. The monoisotopic (exact) mass is 444 g/mol. The summed E-state index contributed by atoms with van der Waals surface area (Å²) in [6.45, 7) is 7.98. The molecule has 0 amide bonds. The molecule has 0 unspecified atom stereocenters. The average molecular weight is 446 g/mol. The van der Waals surface area contributed by atoms with Gasteiger partial charge in [0.2, 0.25) is 10.0 Å². The summed E-state index contributed by atoms with van der Waals surface area (Å²) < 4.78 is 29.3. The molecule has 8 heteroatoms. The van der Waals surface area contributed by atoms with Crippen LogP contribution in [0.4, 0.5) is 0 Å². The Morgan fingerprint density at radius 2 is 1.75 bits per heavy atom. The van der Waals surface area contributed by atoms with Crippen molar-refractivity contribution in [2.75, 3.05) is 0 Å². The highest BCUT2D eigenvalue weighted by molar-refractivity contribution is 9.12. The van der Waals surface area contributed by atoms with Gasteiger partial charge in [-0.05, 0) is 48.8 Å². The van der Waals surface area contributed by atoms with Gasteiger partial charge in [0, 0.05) is 12.1 Å². The topological polar surface area (TPSA) is 72.2 Å². The van der Waals surface area contributed by atoms with E-state index in [0.29, 0.717) is 3.79 Å². The maximum absolute atomic E-state index is 12.6. The van der Waals surface area contributed by atoms with E-state index in [-0.39, 0.29) is 27.8 Å². The van der Waals surface area contributed by atoms with Crippen LogP contribution >= 0.6 is 43.2 Å². The van der Waals surface area contributed by atoms with Gasteiger partial charge in [0.1, 0.15) is 4.90 Å². The van der Waals surface area contributed by atoms with Crippen molar-refractivity contribution in [3.8, 4) is 0 Å². The summed E-state index contributed by atoms with van der Waals surface area (Å²) in [5.41, 5.74) is 5.63. The molecule has 1 aliphatic rings. The highest BCUT2D eigenvalue weighted by atomic mass is 79.9. The third-order valence-electron chi connectivity index (χ3n) is 4.28. The second-order valence-corrected chi connectivity index (χ2v) is 11.8. The van der Waals surface area contributed by atoms with E-state index in [1.54, 1.807) is 6.07 Å². The van der Waals surface area contributed by atoms with Gasteiger partial charge in [-0.25, -0.2) is 13.1 Å². The molecular weight excluding hydrogens is 428 g/mol. The van der Waals surface area contributed by atoms with Gasteiger partial charge < -0.3 is 5.73 Å². The Morgan fingerprint density at radius 3 is 2.15 bits per heavy atom. The van der Waals surface area contributed by atoms with E-state index in [1.165, 1.54) is 11.3 Å². The largest absolute Gasteiger partial charge is 0.327 e. The van der Waals surface area contributed by atoms with Crippen molar-refractivity contribution in [2.45, 2.75) is 44.7 Å². The third kappa shape index (κ3) is 2.52. The Labute approximate surface area is 140 Å². The molecule has 1 aliphatic carbocycles. The van der Waals surface area contributed by atoms with Crippen LogP contribution in [0.1, 0.15) is 27.7 Å². The van der Waals surface area contributed by atoms with Crippen molar-refractivity contribution in [2.24, 2.45) is 16.6 Å². The Kier molecular flexibility index (Phi) is 4.24. The number of nitrogens with one attached hydrogen (secondary N) is 1. The molecule has 4 nitrogen and oxygen atoms in total. The molecule has 1 saturated carbocycles. The predicted molar refractivity (Wildman–Crippen MR) is 89.4 cm³/mol. The van der Waals surface area contributed by atoms with Crippen LogP contribution in [0, 0.1) is 10.8 Å². The van der Waals surface area contributed by atoms with Crippen molar-refractivity contribution in [1.82, 2.24) is 4.72 Å². The number of rotatable bonds is 3.